The van der Waals surface area contributed by atoms with Crippen molar-refractivity contribution in [2.45, 2.75) is 52.4 Å². The lowest BCUT2D eigenvalue weighted by atomic mass is 9.79. The predicted molar refractivity (Wildman–Crippen MR) is 78.2 cm³/mol. The number of aromatic hydroxyl groups is 1. The van der Waals surface area contributed by atoms with Crippen molar-refractivity contribution >= 4 is 7.82 Å². The van der Waals surface area contributed by atoms with Gasteiger partial charge in [-0.25, -0.2) is 4.57 Å². The van der Waals surface area contributed by atoms with Gasteiger partial charge >= 0.3 is 7.82 Å². The van der Waals surface area contributed by atoms with Gasteiger partial charge in [-0.15, -0.1) is 0 Å². The van der Waals surface area contributed by atoms with E-state index >= 15 is 0 Å². The SMILES string of the molecule is CC(C)(C)c1cc(OP(=O)(O)O)cc(C(C)(C)C)c1O. The molecule has 0 unspecified atom stereocenters. The van der Waals surface area contributed by atoms with E-state index in [0.29, 0.717) is 11.1 Å². The van der Waals surface area contributed by atoms with Crippen molar-refractivity contribution in [2.75, 3.05) is 0 Å². The van der Waals surface area contributed by atoms with Gasteiger partial charge in [-0.1, -0.05) is 41.5 Å². The molecule has 0 aliphatic heterocycles. The molecule has 1 aromatic rings. The van der Waals surface area contributed by atoms with Crippen LogP contribution in [0.15, 0.2) is 12.1 Å². The number of hydrogen-bond acceptors (Lipinski definition) is 3. The molecule has 20 heavy (non-hydrogen) atoms. The lowest BCUT2D eigenvalue weighted by molar-refractivity contribution is 0.282. The average Bonchev–Trinajstić information content (AvgIpc) is 2.14. The van der Waals surface area contributed by atoms with E-state index in [1.54, 1.807) is 0 Å². The molecular formula is C14H23O5P. The van der Waals surface area contributed by atoms with Gasteiger partial charge in [0.2, 0.25) is 0 Å². The summed E-state index contributed by atoms with van der Waals surface area (Å²) in [6.07, 6.45) is 0. The van der Waals surface area contributed by atoms with E-state index in [0.717, 1.165) is 0 Å². The van der Waals surface area contributed by atoms with Crippen molar-refractivity contribution in [2.24, 2.45) is 0 Å². The van der Waals surface area contributed by atoms with Crippen molar-refractivity contribution in [3.63, 3.8) is 0 Å². The van der Waals surface area contributed by atoms with E-state index in [9.17, 15) is 9.67 Å². The Balaban J connectivity index is 3.55. The lowest BCUT2D eigenvalue weighted by Crippen LogP contribution is -2.17. The van der Waals surface area contributed by atoms with E-state index in [1.165, 1.54) is 12.1 Å². The van der Waals surface area contributed by atoms with Crippen LogP contribution in [0, 0.1) is 0 Å². The van der Waals surface area contributed by atoms with Crippen molar-refractivity contribution in [3.05, 3.63) is 23.3 Å². The fourth-order valence-electron chi connectivity index (χ4n) is 1.94. The highest BCUT2D eigenvalue weighted by molar-refractivity contribution is 7.46. The Hall–Kier alpha value is -1.03. The molecule has 0 aliphatic rings. The molecule has 0 atom stereocenters. The quantitative estimate of drug-likeness (QED) is 0.728. The molecule has 6 heteroatoms. The summed E-state index contributed by atoms with van der Waals surface area (Å²) in [4.78, 5) is 17.9. The maximum Gasteiger partial charge on any atom is 0.524 e. The molecule has 0 fully saturated rings. The van der Waals surface area contributed by atoms with Gasteiger partial charge in [-0.05, 0) is 23.0 Å². The predicted octanol–water partition coefficient (Wildman–Crippen LogP) is 3.46. The minimum atomic E-state index is -4.63. The molecule has 1 rings (SSSR count). The first-order valence-electron chi connectivity index (χ1n) is 6.35. The Labute approximate surface area is 119 Å². The number of hydrogen-bond donors (Lipinski definition) is 3. The summed E-state index contributed by atoms with van der Waals surface area (Å²) < 4.78 is 15.7. The summed E-state index contributed by atoms with van der Waals surface area (Å²) in [7, 11) is -4.63. The fourth-order valence-corrected chi connectivity index (χ4v) is 2.32. The summed E-state index contributed by atoms with van der Waals surface area (Å²) in [5.41, 5.74) is 0.429. The van der Waals surface area contributed by atoms with Gasteiger partial charge in [-0.3, -0.25) is 9.79 Å². The summed E-state index contributed by atoms with van der Waals surface area (Å²) in [6.45, 7) is 11.5. The maximum atomic E-state index is 11.0. The van der Waals surface area contributed by atoms with Gasteiger partial charge < -0.3 is 9.63 Å². The van der Waals surface area contributed by atoms with Crippen molar-refractivity contribution < 1.29 is 24.0 Å². The summed E-state index contributed by atoms with van der Waals surface area (Å²) in [5.74, 6) is 0.203. The van der Waals surface area contributed by atoms with Gasteiger partial charge in [-0.2, -0.15) is 0 Å². The Bertz CT molecular complexity index is 511. The van der Waals surface area contributed by atoms with Crippen LogP contribution >= 0.6 is 7.82 Å². The third kappa shape index (κ3) is 4.23. The normalized spacial score (nSPS) is 13.4. The van der Waals surface area contributed by atoms with E-state index in [-0.39, 0.29) is 22.3 Å². The Morgan fingerprint density at radius 2 is 1.30 bits per heavy atom. The lowest BCUT2D eigenvalue weighted by Gasteiger charge is -2.28. The minimum Gasteiger partial charge on any atom is -0.507 e. The molecule has 114 valence electrons. The van der Waals surface area contributed by atoms with Crippen LogP contribution in [0.25, 0.3) is 0 Å². The highest BCUT2D eigenvalue weighted by Gasteiger charge is 2.28. The van der Waals surface area contributed by atoms with Crippen LogP contribution in [0.5, 0.6) is 11.5 Å². The smallest absolute Gasteiger partial charge is 0.507 e. The first kappa shape index (κ1) is 17.0. The zero-order valence-electron chi connectivity index (χ0n) is 12.8. The standard InChI is InChI=1S/C14H23O5P/c1-13(2,3)10-7-9(19-20(16,17)18)8-11(12(10)15)14(4,5)6/h7-8,15H,1-6H3,(H2,16,17,18). The maximum absolute atomic E-state index is 11.0. The topological polar surface area (TPSA) is 87.0 Å². The number of benzene rings is 1. The molecule has 0 bridgehead atoms. The molecule has 0 saturated heterocycles. The van der Waals surface area contributed by atoms with Crippen LogP contribution in [-0.2, 0) is 15.4 Å². The monoisotopic (exact) mass is 302 g/mol. The molecule has 0 saturated carbocycles. The van der Waals surface area contributed by atoms with Crippen LogP contribution in [0.4, 0.5) is 0 Å². The number of phenols is 1. The van der Waals surface area contributed by atoms with Gasteiger partial charge in [0.05, 0.1) is 0 Å². The van der Waals surface area contributed by atoms with Crippen LogP contribution in [0.1, 0.15) is 52.7 Å². The van der Waals surface area contributed by atoms with E-state index in [1.807, 2.05) is 41.5 Å². The van der Waals surface area contributed by atoms with E-state index < -0.39 is 7.82 Å². The van der Waals surface area contributed by atoms with Crippen LogP contribution in [-0.4, -0.2) is 14.9 Å². The summed E-state index contributed by atoms with van der Waals surface area (Å²) in [6, 6.07) is 2.95. The Kier molecular flexibility index (Phi) is 4.31. The second-order valence-corrected chi connectivity index (χ2v) is 8.11. The highest BCUT2D eigenvalue weighted by Crippen LogP contribution is 2.45. The second-order valence-electron chi connectivity index (χ2n) is 6.95. The third-order valence-electron chi connectivity index (χ3n) is 2.92. The Morgan fingerprint density at radius 1 is 0.950 bits per heavy atom. The van der Waals surface area contributed by atoms with Gasteiger partial charge in [0.25, 0.3) is 0 Å². The number of phosphoric ester groups is 1. The number of phenolic OH excluding ortho intramolecular Hbond substituents is 1. The zero-order chi connectivity index (χ0) is 15.9. The molecule has 0 heterocycles. The molecule has 1 aromatic carbocycles. The van der Waals surface area contributed by atoms with Crippen LogP contribution < -0.4 is 4.52 Å². The molecular weight excluding hydrogens is 279 g/mol. The average molecular weight is 302 g/mol. The molecule has 0 amide bonds. The zero-order valence-corrected chi connectivity index (χ0v) is 13.7. The van der Waals surface area contributed by atoms with E-state index in [4.69, 9.17) is 9.79 Å². The summed E-state index contributed by atoms with van der Waals surface area (Å²) in [5, 5.41) is 10.4. The second kappa shape index (κ2) is 5.06. The van der Waals surface area contributed by atoms with E-state index in [2.05, 4.69) is 4.52 Å². The van der Waals surface area contributed by atoms with Crippen molar-refractivity contribution in [3.8, 4) is 11.5 Å². The third-order valence-corrected chi connectivity index (χ3v) is 3.37. The van der Waals surface area contributed by atoms with Crippen LogP contribution in [0.3, 0.4) is 0 Å². The Morgan fingerprint density at radius 3 is 1.55 bits per heavy atom. The molecule has 0 aromatic heterocycles. The molecule has 5 nitrogen and oxygen atoms in total. The highest BCUT2D eigenvalue weighted by atomic mass is 31.2. The molecule has 0 radical (unpaired) electrons. The van der Waals surface area contributed by atoms with Crippen LogP contribution in [0.2, 0.25) is 0 Å². The van der Waals surface area contributed by atoms with Gasteiger partial charge in [0.15, 0.2) is 0 Å². The first-order chi connectivity index (χ1) is 8.72. The molecule has 3 N–H and O–H groups in total. The minimum absolute atomic E-state index is 0.0611. The number of rotatable bonds is 2. The first-order valence-corrected chi connectivity index (χ1v) is 7.88. The van der Waals surface area contributed by atoms with Crippen molar-refractivity contribution in [1.29, 1.82) is 0 Å². The fraction of sp³-hybridized carbons (Fsp3) is 0.571. The molecule has 0 aliphatic carbocycles. The largest absolute Gasteiger partial charge is 0.524 e. The summed E-state index contributed by atoms with van der Waals surface area (Å²) >= 11 is 0. The van der Waals surface area contributed by atoms with Gasteiger partial charge in [0, 0.05) is 11.1 Å². The van der Waals surface area contributed by atoms with Gasteiger partial charge in [0.1, 0.15) is 11.5 Å². The number of phosphoric acid groups is 1. The molecule has 0 spiro atoms. The van der Waals surface area contributed by atoms with Crippen molar-refractivity contribution in [1.82, 2.24) is 0 Å².